The van der Waals surface area contributed by atoms with Gasteiger partial charge in [-0.3, -0.25) is 4.79 Å². The average molecular weight is 362 g/mol. The maximum absolute atomic E-state index is 13.2. The highest BCUT2D eigenvalue weighted by molar-refractivity contribution is 6.30. The van der Waals surface area contributed by atoms with Crippen LogP contribution in [0.15, 0.2) is 30.5 Å². The molecular formula is C18H20ClN3O3. The van der Waals surface area contributed by atoms with Crippen LogP contribution >= 0.6 is 11.6 Å². The highest BCUT2D eigenvalue weighted by Gasteiger charge is 2.43. The fourth-order valence-corrected chi connectivity index (χ4v) is 3.45. The van der Waals surface area contributed by atoms with E-state index in [1.807, 2.05) is 24.3 Å². The van der Waals surface area contributed by atoms with Crippen molar-refractivity contribution in [1.29, 1.82) is 0 Å². The predicted molar refractivity (Wildman–Crippen MR) is 95.4 cm³/mol. The molecule has 2 aromatic rings. The Morgan fingerprint density at radius 1 is 1.16 bits per heavy atom. The van der Waals surface area contributed by atoms with Crippen molar-refractivity contribution in [2.45, 2.75) is 31.1 Å². The topological polar surface area (TPSA) is 73.3 Å². The molecule has 3 rings (SSSR count). The Bertz CT molecular complexity index is 759. The van der Waals surface area contributed by atoms with Gasteiger partial charge in [0.1, 0.15) is 5.69 Å². The molecule has 1 amide bonds. The van der Waals surface area contributed by atoms with Gasteiger partial charge in [0.05, 0.1) is 25.8 Å². The normalized spacial score (nSPS) is 15.6. The van der Waals surface area contributed by atoms with Crippen molar-refractivity contribution >= 4 is 23.2 Å². The summed E-state index contributed by atoms with van der Waals surface area (Å²) in [6.07, 6.45) is 5.09. The first-order valence-electron chi connectivity index (χ1n) is 8.11. The molecule has 0 bridgehead atoms. The van der Waals surface area contributed by atoms with Crippen LogP contribution in [0.5, 0.6) is 11.9 Å². The van der Waals surface area contributed by atoms with Gasteiger partial charge in [-0.2, -0.15) is 4.98 Å². The molecule has 0 radical (unpaired) electrons. The van der Waals surface area contributed by atoms with Crippen LogP contribution in [0.2, 0.25) is 5.02 Å². The standard InChI is InChI=1S/C18H20ClN3O3/c1-24-15-14(11-20-17(22-15)25-2)21-16(23)18(9-3-4-10-18)12-5-7-13(19)8-6-12/h5-8,11H,3-4,9-10H2,1-2H3,(H,21,23). The van der Waals surface area contributed by atoms with Crippen molar-refractivity contribution in [3.05, 3.63) is 41.0 Å². The van der Waals surface area contributed by atoms with Gasteiger partial charge in [0.2, 0.25) is 11.8 Å². The summed E-state index contributed by atoms with van der Waals surface area (Å²) in [6, 6.07) is 7.68. The number of carbonyl (C=O) groups is 1. The molecule has 1 aromatic carbocycles. The van der Waals surface area contributed by atoms with Crippen LogP contribution in [0.4, 0.5) is 5.69 Å². The summed E-state index contributed by atoms with van der Waals surface area (Å²) in [7, 11) is 2.96. The Labute approximate surface area is 151 Å². The summed E-state index contributed by atoms with van der Waals surface area (Å²) in [5.41, 5.74) is 0.823. The second-order valence-corrected chi connectivity index (χ2v) is 6.47. The minimum atomic E-state index is -0.574. The third kappa shape index (κ3) is 3.39. The molecule has 1 aliphatic carbocycles. The first kappa shape index (κ1) is 17.5. The molecule has 1 fully saturated rings. The van der Waals surface area contributed by atoms with Gasteiger partial charge < -0.3 is 14.8 Å². The van der Waals surface area contributed by atoms with E-state index in [2.05, 4.69) is 15.3 Å². The molecule has 0 aliphatic heterocycles. The number of rotatable bonds is 5. The van der Waals surface area contributed by atoms with Crippen LogP contribution in [-0.4, -0.2) is 30.1 Å². The molecule has 7 heteroatoms. The van der Waals surface area contributed by atoms with Crippen LogP contribution in [0.3, 0.4) is 0 Å². The fraction of sp³-hybridized carbons (Fsp3) is 0.389. The van der Waals surface area contributed by atoms with Gasteiger partial charge in [-0.15, -0.1) is 0 Å². The molecule has 1 aromatic heterocycles. The number of nitrogens with zero attached hydrogens (tertiary/aromatic N) is 2. The summed E-state index contributed by atoms with van der Waals surface area (Å²) in [5, 5.41) is 3.59. The summed E-state index contributed by atoms with van der Waals surface area (Å²) < 4.78 is 10.2. The molecule has 1 aliphatic rings. The van der Waals surface area contributed by atoms with E-state index >= 15 is 0 Å². The Kier molecular flexibility index (Phi) is 5.08. The molecule has 6 nitrogen and oxygen atoms in total. The van der Waals surface area contributed by atoms with Gasteiger partial charge in [0.25, 0.3) is 0 Å². The summed E-state index contributed by atoms with van der Waals surface area (Å²) in [4.78, 5) is 21.3. The largest absolute Gasteiger partial charge is 0.479 e. The molecule has 25 heavy (non-hydrogen) atoms. The molecule has 0 spiro atoms. The average Bonchev–Trinajstić information content (AvgIpc) is 3.13. The van der Waals surface area contributed by atoms with Crippen molar-refractivity contribution in [3.8, 4) is 11.9 Å². The third-order valence-corrected chi connectivity index (χ3v) is 4.90. The number of amides is 1. The van der Waals surface area contributed by atoms with E-state index in [1.165, 1.54) is 20.4 Å². The lowest BCUT2D eigenvalue weighted by Gasteiger charge is -2.28. The van der Waals surface area contributed by atoms with Crippen molar-refractivity contribution < 1.29 is 14.3 Å². The maximum Gasteiger partial charge on any atom is 0.319 e. The predicted octanol–water partition coefficient (Wildman–Crippen LogP) is 3.60. The van der Waals surface area contributed by atoms with Gasteiger partial charge in [-0.05, 0) is 30.5 Å². The number of methoxy groups -OCH3 is 2. The first-order chi connectivity index (χ1) is 12.1. The molecule has 132 valence electrons. The van der Waals surface area contributed by atoms with E-state index in [9.17, 15) is 4.79 Å². The first-order valence-corrected chi connectivity index (χ1v) is 8.49. The zero-order chi connectivity index (χ0) is 17.9. The zero-order valence-corrected chi connectivity index (χ0v) is 15.0. The van der Waals surface area contributed by atoms with Crippen LogP contribution < -0.4 is 14.8 Å². The summed E-state index contributed by atoms with van der Waals surface area (Å²) >= 11 is 6.00. The van der Waals surface area contributed by atoms with Gasteiger partial charge in [-0.1, -0.05) is 36.6 Å². The number of hydrogen-bond donors (Lipinski definition) is 1. The highest BCUT2D eigenvalue weighted by atomic mass is 35.5. The number of nitrogens with one attached hydrogen (secondary N) is 1. The second-order valence-electron chi connectivity index (χ2n) is 6.03. The highest BCUT2D eigenvalue weighted by Crippen LogP contribution is 2.42. The molecule has 0 unspecified atom stereocenters. The van der Waals surface area contributed by atoms with E-state index in [0.717, 1.165) is 31.2 Å². The monoisotopic (exact) mass is 361 g/mol. The Balaban J connectivity index is 1.91. The van der Waals surface area contributed by atoms with E-state index in [0.29, 0.717) is 10.7 Å². The Morgan fingerprint density at radius 2 is 1.84 bits per heavy atom. The molecule has 0 atom stereocenters. The molecule has 0 saturated heterocycles. The summed E-state index contributed by atoms with van der Waals surface area (Å²) in [6.45, 7) is 0. The van der Waals surface area contributed by atoms with Gasteiger partial charge in [0.15, 0.2) is 0 Å². The van der Waals surface area contributed by atoms with Crippen LogP contribution in [0.25, 0.3) is 0 Å². The lowest BCUT2D eigenvalue weighted by Crippen LogP contribution is -2.38. The van der Waals surface area contributed by atoms with E-state index in [1.54, 1.807) is 0 Å². The van der Waals surface area contributed by atoms with E-state index in [-0.39, 0.29) is 17.8 Å². The minimum absolute atomic E-state index is 0.0839. The Hall–Kier alpha value is -2.34. The number of halogens is 1. The zero-order valence-electron chi connectivity index (χ0n) is 14.2. The Morgan fingerprint density at radius 3 is 2.44 bits per heavy atom. The number of ether oxygens (including phenoxy) is 2. The minimum Gasteiger partial charge on any atom is -0.479 e. The van der Waals surface area contributed by atoms with Gasteiger partial charge in [0, 0.05) is 5.02 Å². The van der Waals surface area contributed by atoms with E-state index < -0.39 is 5.41 Å². The number of hydrogen-bond acceptors (Lipinski definition) is 5. The number of anilines is 1. The van der Waals surface area contributed by atoms with Gasteiger partial charge >= 0.3 is 6.01 Å². The lowest BCUT2D eigenvalue weighted by molar-refractivity contribution is -0.121. The molecule has 1 heterocycles. The third-order valence-electron chi connectivity index (χ3n) is 4.64. The number of aromatic nitrogens is 2. The van der Waals surface area contributed by atoms with Crippen molar-refractivity contribution in [3.63, 3.8) is 0 Å². The van der Waals surface area contributed by atoms with Crippen molar-refractivity contribution in [2.75, 3.05) is 19.5 Å². The fourth-order valence-electron chi connectivity index (χ4n) is 3.33. The summed E-state index contributed by atoms with van der Waals surface area (Å²) in [5.74, 6) is 0.184. The number of carbonyl (C=O) groups excluding carboxylic acids is 1. The molecule has 1 saturated carbocycles. The van der Waals surface area contributed by atoms with Crippen molar-refractivity contribution in [2.24, 2.45) is 0 Å². The van der Waals surface area contributed by atoms with Crippen LogP contribution in [0.1, 0.15) is 31.2 Å². The second kappa shape index (κ2) is 7.27. The van der Waals surface area contributed by atoms with E-state index in [4.69, 9.17) is 21.1 Å². The lowest BCUT2D eigenvalue weighted by atomic mass is 9.78. The van der Waals surface area contributed by atoms with Crippen LogP contribution in [-0.2, 0) is 10.2 Å². The van der Waals surface area contributed by atoms with Crippen molar-refractivity contribution in [1.82, 2.24) is 9.97 Å². The maximum atomic E-state index is 13.2. The quantitative estimate of drug-likeness (QED) is 0.880. The number of benzene rings is 1. The molecule has 1 N–H and O–H groups in total. The van der Waals surface area contributed by atoms with Gasteiger partial charge in [-0.25, -0.2) is 4.98 Å². The molecular weight excluding hydrogens is 342 g/mol. The van der Waals surface area contributed by atoms with Crippen LogP contribution in [0, 0.1) is 0 Å². The SMILES string of the molecule is COc1ncc(NC(=O)C2(c3ccc(Cl)cc3)CCCC2)c(OC)n1. The smallest absolute Gasteiger partial charge is 0.319 e.